The summed E-state index contributed by atoms with van der Waals surface area (Å²) in [6.45, 7) is 6.19. The third-order valence-corrected chi connectivity index (χ3v) is 5.21. The molecule has 0 aromatic carbocycles. The minimum atomic E-state index is -0.109. The summed E-state index contributed by atoms with van der Waals surface area (Å²) < 4.78 is 0. The van der Waals surface area contributed by atoms with Gasteiger partial charge in [-0.25, -0.2) is 4.98 Å². The number of thiazole rings is 1. The molecule has 1 heterocycles. The van der Waals surface area contributed by atoms with Crippen LogP contribution >= 0.6 is 11.3 Å². The average molecular weight is 296 g/mol. The summed E-state index contributed by atoms with van der Waals surface area (Å²) in [5, 5.41) is 13.5. The van der Waals surface area contributed by atoms with Gasteiger partial charge in [-0.3, -0.25) is 0 Å². The highest BCUT2D eigenvalue weighted by molar-refractivity contribution is 7.09. The van der Waals surface area contributed by atoms with Crippen LogP contribution < -0.4 is 0 Å². The second-order valence-electron chi connectivity index (χ2n) is 6.35. The SMILES string of the molecule is CCCC1CCC(O)C(CN(C)Cc2csc(C)n2)C1. The fourth-order valence-electron chi connectivity index (χ4n) is 3.43. The molecular weight excluding hydrogens is 268 g/mol. The van der Waals surface area contributed by atoms with E-state index in [4.69, 9.17) is 0 Å². The Kier molecular flexibility index (Phi) is 6.00. The third-order valence-electron chi connectivity index (χ3n) is 4.39. The van der Waals surface area contributed by atoms with Gasteiger partial charge in [0.15, 0.2) is 0 Å². The number of aliphatic hydroxyl groups is 1. The number of nitrogens with zero attached hydrogens (tertiary/aromatic N) is 2. The first-order valence-electron chi connectivity index (χ1n) is 7.86. The molecule has 1 aromatic rings. The van der Waals surface area contributed by atoms with Gasteiger partial charge in [-0.2, -0.15) is 0 Å². The number of hydrogen-bond donors (Lipinski definition) is 1. The molecule has 2 rings (SSSR count). The van der Waals surface area contributed by atoms with Crippen LogP contribution in [0.15, 0.2) is 5.38 Å². The Morgan fingerprint density at radius 1 is 1.45 bits per heavy atom. The second-order valence-corrected chi connectivity index (χ2v) is 7.41. The second kappa shape index (κ2) is 7.53. The molecule has 20 heavy (non-hydrogen) atoms. The molecule has 1 aliphatic rings. The van der Waals surface area contributed by atoms with Crippen LogP contribution in [0.2, 0.25) is 0 Å². The van der Waals surface area contributed by atoms with Crippen LogP contribution in [0.5, 0.6) is 0 Å². The number of aryl methyl sites for hydroxylation is 1. The van der Waals surface area contributed by atoms with E-state index in [0.717, 1.165) is 36.1 Å². The first-order chi connectivity index (χ1) is 9.58. The van der Waals surface area contributed by atoms with Gasteiger partial charge >= 0.3 is 0 Å². The van der Waals surface area contributed by atoms with E-state index >= 15 is 0 Å². The molecule has 1 aliphatic carbocycles. The normalized spacial score (nSPS) is 27.1. The maximum absolute atomic E-state index is 10.2. The van der Waals surface area contributed by atoms with Crippen molar-refractivity contribution in [2.75, 3.05) is 13.6 Å². The van der Waals surface area contributed by atoms with Crippen LogP contribution in [-0.2, 0) is 6.54 Å². The van der Waals surface area contributed by atoms with Gasteiger partial charge < -0.3 is 10.0 Å². The molecule has 0 radical (unpaired) electrons. The fraction of sp³-hybridized carbons (Fsp3) is 0.812. The number of hydrogen-bond acceptors (Lipinski definition) is 4. The van der Waals surface area contributed by atoms with Gasteiger partial charge in [0, 0.05) is 18.5 Å². The highest BCUT2D eigenvalue weighted by atomic mass is 32.1. The standard InChI is InChI=1S/C16H28N2OS/c1-4-5-13-6-7-16(19)14(8-13)9-18(3)10-15-11-20-12(2)17-15/h11,13-14,16,19H,4-10H2,1-3H3. The lowest BCUT2D eigenvalue weighted by Crippen LogP contribution is -2.37. The predicted octanol–water partition coefficient (Wildman–Crippen LogP) is 3.46. The Hall–Kier alpha value is -0.450. The Labute approximate surface area is 127 Å². The van der Waals surface area contributed by atoms with Gasteiger partial charge in [0.2, 0.25) is 0 Å². The maximum Gasteiger partial charge on any atom is 0.0897 e. The molecule has 1 N–H and O–H groups in total. The zero-order valence-corrected chi connectivity index (χ0v) is 13.8. The smallest absolute Gasteiger partial charge is 0.0897 e. The molecule has 0 saturated heterocycles. The molecule has 3 unspecified atom stereocenters. The maximum atomic E-state index is 10.2. The number of aromatic nitrogens is 1. The summed E-state index contributed by atoms with van der Waals surface area (Å²) in [6.07, 6.45) is 5.86. The van der Waals surface area contributed by atoms with Crippen LogP contribution in [0.3, 0.4) is 0 Å². The van der Waals surface area contributed by atoms with Crippen LogP contribution in [-0.4, -0.2) is 34.7 Å². The minimum Gasteiger partial charge on any atom is -0.393 e. The molecule has 0 spiro atoms. The summed E-state index contributed by atoms with van der Waals surface area (Å²) in [5.74, 6) is 1.26. The average Bonchev–Trinajstić information content (AvgIpc) is 2.79. The Bertz CT molecular complexity index is 407. The largest absolute Gasteiger partial charge is 0.393 e. The molecule has 0 aliphatic heterocycles. The summed E-state index contributed by atoms with van der Waals surface area (Å²) in [5.41, 5.74) is 1.16. The molecule has 0 bridgehead atoms. The zero-order chi connectivity index (χ0) is 14.5. The molecule has 3 nitrogen and oxygen atoms in total. The lowest BCUT2D eigenvalue weighted by atomic mass is 9.77. The van der Waals surface area contributed by atoms with Crippen molar-refractivity contribution in [3.63, 3.8) is 0 Å². The zero-order valence-electron chi connectivity index (χ0n) is 13.0. The van der Waals surface area contributed by atoms with Gasteiger partial charge in [-0.15, -0.1) is 11.3 Å². The van der Waals surface area contributed by atoms with Crippen molar-refractivity contribution in [1.82, 2.24) is 9.88 Å². The van der Waals surface area contributed by atoms with Crippen molar-refractivity contribution >= 4 is 11.3 Å². The van der Waals surface area contributed by atoms with E-state index in [-0.39, 0.29) is 6.10 Å². The van der Waals surface area contributed by atoms with E-state index in [0.29, 0.717) is 5.92 Å². The van der Waals surface area contributed by atoms with E-state index in [2.05, 4.69) is 36.2 Å². The van der Waals surface area contributed by atoms with Gasteiger partial charge in [0.25, 0.3) is 0 Å². The van der Waals surface area contributed by atoms with E-state index in [1.165, 1.54) is 25.7 Å². The van der Waals surface area contributed by atoms with Gasteiger partial charge in [-0.1, -0.05) is 19.8 Å². The Balaban J connectivity index is 1.83. The molecular formula is C16H28N2OS. The van der Waals surface area contributed by atoms with Crippen LogP contribution in [0.4, 0.5) is 0 Å². The number of rotatable bonds is 6. The van der Waals surface area contributed by atoms with Crippen molar-refractivity contribution in [3.05, 3.63) is 16.1 Å². The molecule has 3 atom stereocenters. The topological polar surface area (TPSA) is 36.4 Å². The quantitative estimate of drug-likeness (QED) is 0.873. The lowest BCUT2D eigenvalue weighted by Gasteiger charge is -2.35. The Morgan fingerprint density at radius 3 is 2.90 bits per heavy atom. The van der Waals surface area contributed by atoms with Crippen LogP contribution in [0.25, 0.3) is 0 Å². The number of aliphatic hydroxyl groups excluding tert-OH is 1. The van der Waals surface area contributed by atoms with Crippen molar-refractivity contribution < 1.29 is 5.11 Å². The van der Waals surface area contributed by atoms with Crippen LogP contribution in [0.1, 0.15) is 49.7 Å². The molecule has 4 heteroatoms. The molecule has 114 valence electrons. The van der Waals surface area contributed by atoms with Crippen molar-refractivity contribution in [1.29, 1.82) is 0 Å². The molecule has 1 saturated carbocycles. The minimum absolute atomic E-state index is 0.109. The molecule has 1 fully saturated rings. The van der Waals surface area contributed by atoms with Gasteiger partial charge in [0.05, 0.1) is 16.8 Å². The third kappa shape index (κ3) is 4.54. The fourth-order valence-corrected chi connectivity index (χ4v) is 4.04. The van der Waals surface area contributed by atoms with Gasteiger partial charge in [0.1, 0.15) is 0 Å². The predicted molar refractivity (Wildman–Crippen MR) is 84.9 cm³/mol. The summed E-state index contributed by atoms with van der Waals surface area (Å²) >= 11 is 1.71. The lowest BCUT2D eigenvalue weighted by molar-refractivity contribution is 0.0286. The monoisotopic (exact) mass is 296 g/mol. The van der Waals surface area contributed by atoms with E-state index in [1.807, 2.05) is 0 Å². The summed E-state index contributed by atoms with van der Waals surface area (Å²) in [4.78, 5) is 6.84. The highest BCUT2D eigenvalue weighted by Crippen LogP contribution is 2.32. The van der Waals surface area contributed by atoms with Crippen molar-refractivity contribution in [2.45, 2.75) is 58.6 Å². The first kappa shape index (κ1) is 15.9. The summed E-state index contributed by atoms with van der Waals surface area (Å²) in [6, 6.07) is 0. The summed E-state index contributed by atoms with van der Waals surface area (Å²) in [7, 11) is 2.14. The van der Waals surface area contributed by atoms with E-state index in [1.54, 1.807) is 11.3 Å². The first-order valence-corrected chi connectivity index (χ1v) is 8.74. The van der Waals surface area contributed by atoms with Crippen LogP contribution in [0, 0.1) is 18.8 Å². The highest BCUT2D eigenvalue weighted by Gasteiger charge is 2.29. The molecule has 0 amide bonds. The Morgan fingerprint density at radius 2 is 2.25 bits per heavy atom. The van der Waals surface area contributed by atoms with E-state index in [9.17, 15) is 5.11 Å². The van der Waals surface area contributed by atoms with Gasteiger partial charge in [-0.05, 0) is 45.1 Å². The van der Waals surface area contributed by atoms with Crippen molar-refractivity contribution in [3.8, 4) is 0 Å². The van der Waals surface area contributed by atoms with Crippen molar-refractivity contribution in [2.24, 2.45) is 11.8 Å². The molecule has 1 aromatic heterocycles. The van der Waals surface area contributed by atoms with E-state index < -0.39 is 0 Å².